The van der Waals surface area contributed by atoms with Crippen molar-refractivity contribution < 1.29 is 4.79 Å². The molecular formula is C22H25N3OS. The number of hydrogen-bond donors (Lipinski definition) is 0. The van der Waals surface area contributed by atoms with Crippen molar-refractivity contribution >= 4 is 27.5 Å². The Hall–Kier alpha value is -2.14. The third-order valence-corrected chi connectivity index (χ3v) is 7.05. The average Bonchev–Trinajstić information content (AvgIpc) is 3.59. The monoisotopic (exact) mass is 379 g/mol. The number of carbonyl (C=O) groups excluding carboxylic acids is 1. The molecule has 1 amide bonds. The quantitative estimate of drug-likeness (QED) is 0.613. The van der Waals surface area contributed by atoms with E-state index in [4.69, 9.17) is 5.10 Å². The molecule has 0 aliphatic heterocycles. The maximum absolute atomic E-state index is 13.4. The zero-order valence-corrected chi connectivity index (χ0v) is 16.7. The van der Waals surface area contributed by atoms with E-state index in [2.05, 4.69) is 42.2 Å². The molecule has 2 fully saturated rings. The Labute approximate surface area is 163 Å². The molecule has 140 valence electrons. The fourth-order valence-corrected chi connectivity index (χ4v) is 5.16. The summed E-state index contributed by atoms with van der Waals surface area (Å²) in [5, 5.41) is 5.83. The second-order valence-electron chi connectivity index (χ2n) is 8.08. The third kappa shape index (κ3) is 3.18. The van der Waals surface area contributed by atoms with Crippen molar-refractivity contribution in [2.75, 3.05) is 0 Å². The van der Waals surface area contributed by atoms with E-state index < -0.39 is 0 Å². The Morgan fingerprint density at radius 1 is 1.26 bits per heavy atom. The standard InChI is InChI=1S/C22H25N3OS/c1-14-19-12-20(21(26)25(18-10-11-18)15(2)17-8-9-17)27-22(19)24(23-14)13-16-6-4-3-5-7-16/h3-7,12,15,17-18H,8-11,13H2,1-2H3. The van der Waals surface area contributed by atoms with Gasteiger partial charge in [-0.2, -0.15) is 5.10 Å². The Morgan fingerprint density at radius 2 is 2.00 bits per heavy atom. The van der Waals surface area contributed by atoms with Crippen molar-refractivity contribution in [1.29, 1.82) is 0 Å². The van der Waals surface area contributed by atoms with Gasteiger partial charge in [0.1, 0.15) is 4.83 Å². The Balaban J connectivity index is 1.47. The van der Waals surface area contributed by atoms with Crippen LogP contribution in [0.15, 0.2) is 36.4 Å². The molecule has 5 rings (SSSR count). The number of aryl methyl sites for hydroxylation is 1. The second-order valence-corrected chi connectivity index (χ2v) is 9.11. The van der Waals surface area contributed by atoms with Gasteiger partial charge in [-0.05, 0) is 57.1 Å². The number of fused-ring (bicyclic) bond motifs is 1. The first kappa shape index (κ1) is 17.0. The minimum absolute atomic E-state index is 0.226. The summed E-state index contributed by atoms with van der Waals surface area (Å²) in [4.78, 5) is 17.5. The smallest absolute Gasteiger partial charge is 0.264 e. The number of thiophene rings is 1. The van der Waals surface area contributed by atoms with Crippen LogP contribution in [0.1, 0.15) is 53.5 Å². The molecule has 1 aromatic carbocycles. The zero-order chi connectivity index (χ0) is 18.5. The number of hydrogen-bond acceptors (Lipinski definition) is 3. The van der Waals surface area contributed by atoms with Crippen LogP contribution in [-0.4, -0.2) is 32.7 Å². The topological polar surface area (TPSA) is 38.1 Å². The fraction of sp³-hybridized carbons (Fsp3) is 0.455. The largest absolute Gasteiger partial charge is 0.332 e. The normalized spacial score (nSPS) is 18.0. The Morgan fingerprint density at radius 3 is 2.67 bits per heavy atom. The highest BCUT2D eigenvalue weighted by Crippen LogP contribution is 2.41. The first-order chi connectivity index (χ1) is 13.1. The average molecular weight is 380 g/mol. The summed E-state index contributed by atoms with van der Waals surface area (Å²) in [7, 11) is 0. The van der Waals surface area contributed by atoms with Gasteiger partial charge in [0.25, 0.3) is 5.91 Å². The lowest BCUT2D eigenvalue weighted by molar-refractivity contribution is 0.0659. The van der Waals surface area contributed by atoms with Gasteiger partial charge in [0.15, 0.2) is 0 Å². The summed E-state index contributed by atoms with van der Waals surface area (Å²) >= 11 is 1.60. The van der Waals surface area contributed by atoms with Crippen LogP contribution in [0.25, 0.3) is 10.2 Å². The van der Waals surface area contributed by atoms with Crippen LogP contribution in [0, 0.1) is 12.8 Å². The molecule has 1 unspecified atom stereocenters. The van der Waals surface area contributed by atoms with Gasteiger partial charge in [-0.25, -0.2) is 0 Å². The van der Waals surface area contributed by atoms with Crippen molar-refractivity contribution in [3.05, 3.63) is 52.5 Å². The van der Waals surface area contributed by atoms with Crippen molar-refractivity contribution in [1.82, 2.24) is 14.7 Å². The van der Waals surface area contributed by atoms with Crippen molar-refractivity contribution in [3.63, 3.8) is 0 Å². The van der Waals surface area contributed by atoms with Crippen LogP contribution in [0.5, 0.6) is 0 Å². The number of rotatable bonds is 6. The van der Waals surface area contributed by atoms with E-state index in [0.29, 0.717) is 18.0 Å². The third-order valence-electron chi connectivity index (χ3n) is 5.91. The molecule has 2 heterocycles. The molecule has 5 heteroatoms. The van der Waals surface area contributed by atoms with Gasteiger partial charge in [-0.3, -0.25) is 9.48 Å². The molecule has 0 spiro atoms. The lowest BCUT2D eigenvalue weighted by Gasteiger charge is -2.29. The molecule has 2 saturated carbocycles. The van der Waals surface area contributed by atoms with E-state index in [0.717, 1.165) is 40.2 Å². The number of carbonyl (C=O) groups is 1. The summed E-state index contributed by atoms with van der Waals surface area (Å²) in [6.45, 7) is 5.02. The first-order valence-corrected chi connectivity index (χ1v) is 10.8. The number of aromatic nitrogens is 2. The highest BCUT2D eigenvalue weighted by atomic mass is 32.1. The molecular weight excluding hydrogens is 354 g/mol. The van der Waals surface area contributed by atoms with Crippen molar-refractivity contribution in [2.45, 2.75) is 58.2 Å². The maximum Gasteiger partial charge on any atom is 0.264 e. The van der Waals surface area contributed by atoms with Gasteiger partial charge in [-0.1, -0.05) is 30.3 Å². The SMILES string of the molecule is Cc1nn(Cc2ccccc2)c2sc(C(=O)N(C3CC3)C(C)C3CC3)cc12. The van der Waals surface area contributed by atoms with E-state index in [1.807, 2.05) is 17.7 Å². The molecule has 0 bridgehead atoms. The molecule has 2 aliphatic carbocycles. The van der Waals surface area contributed by atoms with Crippen molar-refractivity contribution in [3.8, 4) is 0 Å². The highest BCUT2D eigenvalue weighted by molar-refractivity contribution is 7.20. The fourth-order valence-electron chi connectivity index (χ4n) is 4.05. The predicted octanol–water partition coefficient (Wildman–Crippen LogP) is 4.86. The van der Waals surface area contributed by atoms with Crippen LogP contribution < -0.4 is 0 Å². The van der Waals surface area contributed by atoms with Crippen LogP contribution in [0.3, 0.4) is 0 Å². The molecule has 27 heavy (non-hydrogen) atoms. The molecule has 1 atom stereocenters. The van der Waals surface area contributed by atoms with Crippen LogP contribution in [0.4, 0.5) is 0 Å². The molecule has 0 N–H and O–H groups in total. The lowest BCUT2D eigenvalue weighted by atomic mass is 10.1. The van der Waals surface area contributed by atoms with Gasteiger partial charge in [0, 0.05) is 17.5 Å². The van der Waals surface area contributed by atoms with Gasteiger partial charge >= 0.3 is 0 Å². The van der Waals surface area contributed by atoms with E-state index >= 15 is 0 Å². The van der Waals surface area contributed by atoms with E-state index in [9.17, 15) is 4.79 Å². The molecule has 0 radical (unpaired) electrons. The minimum atomic E-state index is 0.226. The second kappa shape index (κ2) is 6.48. The van der Waals surface area contributed by atoms with Crippen LogP contribution >= 0.6 is 11.3 Å². The molecule has 2 aliphatic rings. The maximum atomic E-state index is 13.4. The molecule has 0 saturated heterocycles. The summed E-state index contributed by atoms with van der Waals surface area (Å²) in [5.74, 6) is 0.933. The predicted molar refractivity (Wildman–Crippen MR) is 109 cm³/mol. The van der Waals surface area contributed by atoms with Crippen LogP contribution in [-0.2, 0) is 6.54 Å². The Bertz CT molecular complexity index is 982. The summed E-state index contributed by atoms with van der Waals surface area (Å²) in [6, 6.07) is 13.3. The van der Waals surface area contributed by atoms with E-state index in [1.54, 1.807) is 11.3 Å². The number of nitrogens with zero attached hydrogens (tertiary/aromatic N) is 3. The molecule has 4 nitrogen and oxygen atoms in total. The van der Waals surface area contributed by atoms with Gasteiger partial charge in [0.05, 0.1) is 17.1 Å². The van der Waals surface area contributed by atoms with Gasteiger partial charge in [-0.15, -0.1) is 11.3 Å². The number of benzene rings is 1. The summed E-state index contributed by atoms with van der Waals surface area (Å²) < 4.78 is 2.05. The minimum Gasteiger partial charge on any atom is -0.332 e. The lowest BCUT2D eigenvalue weighted by Crippen LogP contribution is -2.41. The molecule has 2 aromatic heterocycles. The van der Waals surface area contributed by atoms with Gasteiger partial charge in [0.2, 0.25) is 0 Å². The number of amides is 1. The van der Waals surface area contributed by atoms with Crippen molar-refractivity contribution in [2.24, 2.45) is 5.92 Å². The Kier molecular flexibility index (Phi) is 4.08. The highest BCUT2D eigenvalue weighted by Gasteiger charge is 2.42. The summed E-state index contributed by atoms with van der Waals surface area (Å²) in [6.07, 6.45) is 4.87. The first-order valence-electron chi connectivity index (χ1n) is 9.95. The van der Waals surface area contributed by atoms with E-state index in [-0.39, 0.29) is 5.91 Å². The summed E-state index contributed by atoms with van der Waals surface area (Å²) in [5.41, 5.74) is 2.23. The van der Waals surface area contributed by atoms with Crippen LogP contribution in [0.2, 0.25) is 0 Å². The van der Waals surface area contributed by atoms with E-state index in [1.165, 1.54) is 18.4 Å². The molecule has 3 aromatic rings. The zero-order valence-electron chi connectivity index (χ0n) is 15.9. The van der Waals surface area contributed by atoms with Gasteiger partial charge < -0.3 is 4.90 Å².